The lowest BCUT2D eigenvalue weighted by molar-refractivity contribution is -0.115. The summed E-state index contributed by atoms with van der Waals surface area (Å²) in [7, 11) is 6.38. The lowest BCUT2D eigenvalue weighted by Crippen LogP contribution is -2.33. The number of hydrogen-bond acceptors (Lipinski definition) is 5. The third-order valence-electron chi connectivity index (χ3n) is 4.63. The van der Waals surface area contributed by atoms with Gasteiger partial charge in [-0.05, 0) is 24.3 Å². The van der Waals surface area contributed by atoms with E-state index in [1.165, 1.54) is 7.11 Å². The van der Waals surface area contributed by atoms with E-state index in [9.17, 15) is 9.59 Å². The Morgan fingerprint density at radius 3 is 2.37 bits per heavy atom. The third-order valence-corrected chi connectivity index (χ3v) is 4.93. The van der Waals surface area contributed by atoms with Crippen LogP contribution in [-0.2, 0) is 11.8 Å². The fourth-order valence-electron chi connectivity index (χ4n) is 3.08. The number of carbonyl (C=O) groups is 2. The van der Waals surface area contributed by atoms with Gasteiger partial charge in [-0.1, -0.05) is 11.6 Å². The summed E-state index contributed by atoms with van der Waals surface area (Å²) in [4.78, 5) is 24.9. The van der Waals surface area contributed by atoms with Gasteiger partial charge in [0.2, 0.25) is 5.91 Å². The van der Waals surface area contributed by atoms with Gasteiger partial charge in [0.15, 0.2) is 0 Å². The Balaban J connectivity index is 1.71. The molecule has 1 aromatic heterocycles. The van der Waals surface area contributed by atoms with E-state index in [-0.39, 0.29) is 12.5 Å². The van der Waals surface area contributed by atoms with E-state index in [0.29, 0.717) is 33.7 Å². The molecule has 0 aliphatic heterocycles. The summed E-state index contributed by atoms with van der Waals surface area (Å²) in [5.74, 6) is 0.934. The summed E-state index contributed by atoms with van der Waals surface area (Å²) >= 11 is 6.05. The van der Waals surface area contributed by atoms with Crippen molar-refractivity contribution in [3.05, 3.63) is 47.1 Å². The maximum Gasteiger partial charge on any atom is 0.268 e. The summed E-state index contributed by atoms with van der Waals surface area (Å²) < 4.78 is 17.5. The molecule has 0 aliphatic carbocycles. The summed E-state index contributed by atoms with van der Waals surface area (Å²) in [5.41, 5.74) is 1.66. The zero-order valence-corrected chi connectivity index (χ0v) is 17.8. The van der Waals surface area contributed by atoms with Crippen LogP contribution in [0.4, 0.5) is 5.69 Å². The standard InChI is InChI=1S/C21H22ClN3O5/c1-25-16-8-13(28-2)9-19(30-4)14(16)10-17(25)21(27)23-11-20(26)24-12-5-6-18(29-3)15(22)7-12/h5-10H,11H2,1-4H3,(H,23,27)(H,24,26). The van der Waals surface area contributed by atoms with Crippen LogP contribution in [0.2, 0.25) is 5.02 Å². The van der Waals surface area contributed by atoms with E-state index in [0.717, 1.165) is 10.9 Å². The van der Waals surface area contributed by atoms with Crippen molar-refractivity contribution >= 4 is 40.0 Å². The first-order valence-electron chi connectivity index (χ1n) is 9.01. The molecule has 3 rings (SSSR count). The molecular weight excluding hydrogens is 410 g/mol. The van der Waals surface area contributed by atoms with Gasteiger partial charge in [0.05, 0.1) is 38.4 Å². The van der Waals surface area contributed by atoms with Crippen LogP contribution >= 0.6 is 11.6 Å². The van der Waals surface area contributed by atoms with Crippen LogP contribution in [0.25, 0.3) is 10.9 Å². The van der Waals surface area contributed by atoms with Gasteiger partial charge in [0.1, 0.15) is 22.9 Å². The van der Waals surface area contributed by atoms with Gasteiger partial charge >= 0.3 is 0 Å². The normalized spacial score (nSPS) is 10.6. The number of anilines is 1. The van der Waals surface area contributed by atoms with Crippen molar-refractivity contribution in [1.29, 1.82) is 0 Å². The number of aryl methyl sites for hydroxylation is 1. The number of aromatic nitrogens is 1. The van der Waals surface area contributed by atoms with Gasteiger partial charge in [-0.2, -0.15) is 0 Å². The van der Waals surface area contributed by atoms with Crippen LogP contribution in [0.5, 0.6) is 17.2 Å². The van der Waals surface area contributed by atoms with Gasteiger partial charge in [-0.15, -0.1) is 0 Å². The topological polar surface area (TPSA) is 90.8 Å². The van der Waals surface area contributed by atoms with Crippen LogP contribution in [0.3, 0.4) is 0 Å². The number of hydrogen-bond donors (Lipinski definition) is 2. The number of halogens is 1. The Morgan fingerprint density at radius 1 is 1.00 bits per heavy atom. The minimum atomic E-state index is -0.391. The molecule has 0 atom stereocenters. The number of carbonyl (C=O) groups excluding carboxylic acids is 2. The minimum Gasteiger partial charge on any atom is -0.497 e. The van der Waals surface area contributed by atoms with Gasteiger partial charge in [-0.3, -0.25) is 9.59 Å². The van der Waals surface area contributed by atoms with Crippen LogP contribution < -0.4 is 24.8 Å². The van der Waals surface area contributed by atoms with Gasteiger partial charge in [0.25, 0.3) is 5.91 Å². The minimum absolute atomic E-state index is 0.204. The molecule has 3 aromatic rings. The first-order valence-corrected chi connectivity index (χ1v) is 9.38. The molecule has 0 bridgehead atoms. The first-order chi connectivity index (χ1) is 14.4. The van der Waals surface area contributed by atoms with Crippen molar-refractivity contribution in [2.75, 3.05) is 33.2 Å². The fourth-order valence-corrected chi connectivity index (χ4v) is 3.34. The molecule has 0 radical (unpaired) electrons. The van der Waals surface area contributed by atoms with E-state index in [1.807, 2.05) is 6.07 Å². The second kappa shape index (κ2) is 8.96. The van der Waals surface area contributed by atoms with E-state index < -0.39 is 5.91 Å². The van der Waals surface area contributed by atoms with Crippen LogP contribution in [0.15, 0.2) is 36.4 Å². The SMILES string of the molecule is COc1cc(OC)c2cc(C(=O)NCC(=O)Nc3ccc(OC)c(Cl)c3)n(C)c2c1. The molecule has 9 heteroatoms. The van der Waals surface area contributed by atoms with Crippen molar-refractivity contribution in [2.24, 2.45) is 7.05 Å². The number of ether oxygens (including phenoxy) is 3. The van der Waals surface area contributed by atoms with Gasteiger partial charge in [-0.25, -0.2) is 0 Å². The molecule has 8 nitrogen and oxygen atoms in total. The average molecular weight is 432 g/mol. The Morgan fingerprint density at radius 2 is 1.73 bits per heavy atom. The van der Waals surface area contributed by atoms with E-state index >= 15 is 0 Å². The highest BCUT2D eigenvalue weighted by Crippen LogP contribution is 2.33. The summed E-state index contributed by atoms with van der Waals surface area (Å²) in [6.45, 7) is -0.204. The van der Waals surface area contributed by atoms with E-state index in [4.69, 9.17) is 25.8 Å². The Bertz CT molecular complexity index is 1110. The second-order valence-corrected chi connectivity index (χ2v) is 6.84. The summed E-state index contributed by atoms with van der Waals surface area (Å²) in [6.07, 6.45) is 0. The quantitative estimate of drug-likeness (QED) is 0.599. The molecule has 0 saturated carbocycles. The second-order valence-electron chi connectivity index (χ2n) is 6.43. The van der Waals surface area contributed by atoms with Crippen molar-refractivity contribution < 1.29 is 23.8 Å². The number of nitrogens with one attached hydrogen (secondary N) is 2. The zero-order valence-electron chi connectivity index (χ0n) is 17.0. The molecule has 158 valence electrons. The van der Waals surface area contributed by atoms with Crippen molar-refractivity contribution in [3.8, 4) is 17.2 Å². The zero-order chi connectivity index (χ0) is 21.8. The lowest BCUT2D eigenvalue weighted by Gasteiger charge is -2.09. The first kappa shape index (κ1) is 21.3. The number of rotatable bonds is 7. The largest absolute Gasteiger partial charge is 0.497 e. The average Bonchev–Trinajstić information content (AvgIpc) is 3.08. The van der Waals surface area contributed by atoms with Crippen molar-refractivity contribution in [3.63, 3.8) is 0 Å². The van der Waals surface area contributed by atoms with Crippen LogP contribution in [-0.4, -0.2) is 44.3 Å². The molecule has 1 heterocycles. The fraction of sp³-hybridized carbons (Fsp3) is 0.238. The molecule has 0 unspecified atom stereocenters. The van der Waals surface area contributed by atoms with Crippen molar-refractivity contribution in [2.45, 2.75) is 0 Å². The molecular formula is C21H22ClN3O5. The van der Waals surface area contributed by atoms with Crippen LogP contribution in [0.1, 0.15) is 10.5 Å². The maximum absolute atomic E-state index is 12.7. The Labute approximate surface area is 178 Å². The molecule has 0 fully saturated rings. The smallest absolute Gasteiger partial charge is 0.268 e. The highest BCUT2D eigenvalue weighted by Gasteiger charge is 2.18. The predicted octanol–water partition coefficient (Wildman–Crippen LogP) is 3.23. The highest BCUT2D eigenvalue weighted by molar-refractivity contribution is 6.32. The van der Waals surface area contributed by atoms with E-state index in [2.05, 4.69) is 10.6 Å². The molecule has 0 saturated heterocycles. The maximum atomic E-state index is 12.7. The van der Waals surface area contributed by atoms with Gasteiger partial charge in [0, 0.05) is 30.3 Å². The molecule has 2 aromatic carbocycles. The molecule has 2 N–H and O–H groups in total. The van der Waals surface area contributed by atoms with Gasteiger partial charge < -0.3 is 29.4 Å². The molecule has 2 amide bonds. The summed E-state index contributed by atoms with van der Waals surface area (Å²) in [6, 6.07) is 10.2. The van der Waals surface area contributed by atoms with E-state index in [1.54, 1.807) is 56.2 Å². The lowest BCUT2D eigenvalue weighted by atomic mass is 10.2. The van der Waals surface area contributed by atoms with Crippen molar-refractivity contribution in [1.82, 2.24) is 9.88 Å². The van der Waals surface area contributed by atoms with Crippen LogP contribution in [0, 0.1) is 0 Å². The molecule has 30 heavy (non-hydrogen) atoms. The number of amides is 2. The predicted molar refractivity (Wildman–Crippen MR) is 115 cm³/mol. The Kier molecular flexibility index (Phi) is 6.37. The number of methoxy groups -OCH3 is 3. The number of fused-ring (bicyclic) bond motifs is 1. The molecule has 0 aliphatic rings. The monoisotopic (exact) mass is 431 g/mol. The highest BCUT2D eigenvalue weighted by atomic mass is 35.5. The number of benzene rings is 2. The Hall–Kier alpha value is -3.39. The molecule has 0 spiro atoms. The summed E-state index contributed by atoms with van der Waals surface area (Å²) in [5, 5.41) is 6.44. The number of nitrogens with zero attached hydrogens (tertiary/aromatic N) is 1. The third kappa shape index (κ3) is 4.28.